The van der Waals surface area contributed by atoms with E-state index >= 15 is 0 Å². The average molecular weight is 431 g/mol. The molecule has 0 spiro atoms. The summed E-state index contributed by atoms with van der Waals surface area (Å²) in [6.45, 7) is 5.12. The molecule has 0 aliphatic carbocycles. The van der Waals surface area contributed by atoms with Crippen LogP contribution in [0, 0.1) is 0 Å². The summed E-state index contributed by atoms with van der Waals surface area (Å²) >= 11 is 0. The van der Waals surface area contributed by atoms with Crippen molar-refractivity contribution in [1.29, 1.82) is 0 Å². The van der Waals surface area contributed by atoms with Crippen molar-refractivity contribution >= 4 is 17.9 Å². The van der Waals surface area contributed by atoms with E-state index in [1.54, 1.807) is 18.2 Å². The van der Waals surface area contributed by atoms with Crippen molar-refractivity contribution in [2.24, 2.45) is 4.99 Å². The number of carbonyl (C=O) groups is 1. The molecule has 0 saturated carbocycles. The molecule has 6 heteroatoms. The Morgan fingerprint density at radius 3 is 2.44 bits per heavy atom. The van der Waals surface area contributed by atoms with Crippen LogP contribution in [0.1, 0.15) is 43.1 Å². The van der Waals surface area contributed by atoms with Crippen molar-refractivity contribution in [1.82, 2.24) is 0 Å². The molecule has 6 nitrogen and oxygen atoms in total. The average Bonchev–Trinajstić information content (AvgIpc) is 3.48. The minimum absolute atomic E-state index is 0.151. The molecule has 0 N–H and O–H groups in total. The lowest BCUT2D eigenvalue weighted by Crippen LogP contribution is -2.11. The van der Waals surface area contributed by atoms with E-state index in [9.17, 15) is 4.79 Å². The molecule has 1 atom stereocenters. The van der Waals surface area contributed by atoms with Gasteiger partial charge in [0.05, 0.1) is 6.26 Å². The third-order valence-electron chi connectivity index (χ3n) is 5.22. The van der Waals surface area contributed by atoms with Gasteiger partial charge in [-0.3, -0.25) is 0 Å². The third-order valence-corrected chi connectivity index (χ3v) is 5.22. The molecule has 3 aromatic rings. The van der Waals surface area contributed by atoms with E-state index in [1.807, 2.05) is 42.5 Å². The Morgan fingerprint density at radius 1 is 0.969 bits per heavy atom. The first-order valence-corrected chi connectivity index (χ1v) is 10.7. The fourth-order valence-corrected chi connectivity index (χ4v) is 3.34. The Labute approximate surface area is 187 Å². The van der Waals surface area contributed by atoms with Gasteiger partial charge in [-0.05, 0) is 48.2 Å². The lowest BCUT2D eigenvalue weighted by atomic mass is 9.98. The Hall–Kier alpha value is -3.80. The molecule has 2 aromatic carbocycles. The van der Waals surface area contributed by atoms with Gasteiger partial charge in [-0.2, -0.15) is 0 Å². The van der Waals surface area contributed by atoms with Crippen LogP contribution in [0.25, 0.3) is 6.08 Å². The second-order valence-corrected chi connectivity index (χ2v) is 7.40. The standard InChI is InChI=1S/C26H25NO5/c1-3-18(2)20-10-5-7-12-23(20)31-16-15-30-22-11-6-4-9-19(22)17-21-26(28)32-25(27-21)24-13-8-14-29-24/h4-14,17-18H,3,15-16H2,1-2H3/b21-17+/t18-/m0/s1. The van der Waals surface area contributed by atoms with Crippen LogP contribution in [0.4, 0.5) is 0 Å². The molecule has 0 unspecified atom stereocenters. The molecule has 1 aliphatic rings. The summed E-state index contributed by atoms with van der Waals surface area (Å²) in [5.74, 6) is 1.97. The summed E-state index contributed by atoms with van der Waals surface area (Å²) in [7, 11) is 0. The molecule has 2 heterocycles. The predicted octanol–water partition coefficient (Wildman–Crippen LogP) is 5.60. The molecule has 0 bridgehead atoms. The van der Waals surface area contributed by atoms with Crippen LogP contribution in [0.5, 0.6) is 11.5 Å². The molecule has 0 fully saturated rings. The van der Waals surface area contributed by atoms with Crippen LogP contribution in [0.15, 0.2) is 82.0 Å². The first kappa shape index (κ1) is 21.4. The molecule has 32 heavy (non-hydrogen) atoms. The fraction of sp³-hybridized carbons (Fsp3) is 0.231. The summed E-state index contributed by atoms with van der Waals surface area (Å²) in [6, 6.07) is 18.9. The van der Waals surface area contributed by atoms with Gasteiger partial charge in [-0.15, -0.1) is 0 Å². The van der Waals surface area contributed by atoms with Crippen LogP contribution in [-0.2, 0) is 9.53 Å². The quantitative estimate of drug-likeness (QED) is 0.251. The number of rotatable bonds is 9. The van der Waals surface area contributed by atoms with E-state index in [4.69, 9.17) is 18.6 Å². The summed E-state index contributed by atoms with van der Waals surface area (Å²) in [5.41, 5.74) is 2.11. The maximum Gasteiger partial charge on any atom is 0.363 e. The zero-order chi connectivity index (χ0) is 22.3. The van der Waals surface area contributed by atoms with Gasteiger partial charge >= 0.3 is 5.97 Å². The number of esters is 1. The van der Waals surface area contributed by atoms with Crippen LogP contribution < -0.4 is 9.47 Å². The number of hydrogen-bond donors (Lipinski definition) is 0. The predicted molar refractivity (Wildman–Crippen MR) is 122 cm³/mol. The van der Waals surface area contributed by atoms with Crippen molar-refractivity contribution < 1.29 is 23.4 Å². The highest BCUT2D eigenvalue weighted by atomic mass is 16.6. The molecule has 0 amide bonds. The maximum atomic E-state index is 12.2. The van der Waals surface area contributed by atoms with E-state index in [0.717, 1.165) is 17.7 Å². The van der Waals surface area contributed by atoms with Gasteiger partial charge in [0.15, 0.2) is 11.5 Å². The van der Waals surface area contributed by atoms with Crippen LogP contribution >= 0.6 is 0 Å². The van der Waals surface area contributed by atoms with Crippen molar-refractivity contribution in [2.45, 2.75) is 26.2 Å². The van der Waals surface area contributed by atoms with Gasteiger partial charge in [-0.25, -0.2) is 9.79 Å². The molecule has 1 aliphatic heterocycles. The van der Waals surface area contributed by atoms with Crippen LogP contribution in [0.3, 0.4) is 0 Å². The van der Waals surface area contributed by atoms with Crippen LogP contribution in [-0.4, -0.2) is 25.1 Å². The van der Waals surface area contributed by atoms with Gasteiger partial charge in [-0.1, -0.05) is 50.2 Å². The van der Waals surface area contributed by atoms with Gasteiger partial charge < -0.3 is 18.6 Å². The number of cyclic esters (lactones) is 1. The minimum Gasteiger partial charge on any atom is -0.490 e. The highest BCUT2D eigenvalue weighted by Crippen LogP contribution is 2.29. The smallest absolute Gasteiger partial charge is 0.363 e. The topological polar surface area (TPSA) is 70.3 Å². The molecule has 0 saturated heterocycles. The summed E-state index contributed by atoms with van der Waals surface area (Å²) in [4.78, 5) is 16.5. The summed E-state index contributed by atoms with van der Waals surface area (Å²) in [5, 5.41) is 0. The lowest BCUT2D eigenvalue weighted by Gasteiger charge is -2.16. The third kappa shape index (κ3) is 4.91. The zero-order valence-electron chi connectivity index (χ0n) is 18.1. The highest BCUT2D eigenvalue weighted by Gasteiger charge is 2.26. The monoisotopic (exact) mass is 431 g/mol. The largest absolute Gasteiger partial charge is 0.490 e. The summed E-state index contributed by atoms with van der Waals surface area (Å²) in [6.07, 6.45) is 4.19. The summed E-state index contributed by atoms with van der Waals surface area (Å²) < 4.78 is 22.4. The zero-order valence-corrected chi connectivity index (χ0v) is 18.1. The Morgan fingerprint density at radius 2 is 1.69 bits per heavy atom. The van der Waals surface area contributed by atoms with E-state index in [0.29, 0.717) is 30.6 Å². The second kappa shape index (κ2) is 10.0. The number of furan rings is 1. The van der Waals surface area contributed by atoms with E-state index in [2.05, 4.69) is 24.9 Å². The molecular weight excluding hydrogens is 406 g/mol. The number of aliphatic imine (C=N–C) groups is 1. The Balaban J connectivity index is 1.42. The maximum absolute atomic E-state index is 12.2. The van der Waals surface area contributed by atoms with Gasteiger partial charge in [0, 0.05) is 5.56 Å². The van der Waals surface area contributed by atoms with E-state index < -0.39 is 5.97 Å². The van der Waals surface area contributed by atoms with E-state index in [1.165, 1.54) is 11.8 Å². The van der Waals surface area contributed by atoms with Crippen molar-refractivity contribution in [3.05, 3.63) is 89.5 Å². The number of carbonyl (C=O) groups excluding carboxylic acids is 1. The molecule has 4 rings (SSSR count). The SMILES string of the molecule is CC[C@H](C)c1ccccc1OCCOc1ccccc1/C=C1/N=C(c2ccco2)OC1=O. The Bertz CT molecular complexity index is 1130. The normalized spacial score (nSPS) is 15.4. The van der Waals surface area contributed by atoms with Crippen molar-refractivity contribution in [2.75, 3.05) is 13.2 Å². The number of benzene rings is 2. The Kier molecular flexibility index (Phi) is 6.70. The highest BCUT2D eigenvalue weighted by molar-refractivity contribution is 6.11. The number of hydrogen-bond acceptors (Lipinski definition) is 6. The first-order chi connectivity index (χ1) is 15.7. The molecular formula is C26H25NO5. The van der Waals surface area contributed by atoms with Crippen molar-refractivity contribution in [3.63, 3.8) is 0 Å². The fourth-order valence-electron chi connectivity index (χ4n) is 3.34. The van der Waals surface area contributed by atoms with Crippen molar-refractivity contribution in [3.8, 4) is 11.5 Å². The molecule has 1 aromatic heterocycles. The molecule has 164 valence electrons. The van der Waals surface area contributed by atoms with Crippen LogP contribution in [0.2, 0.25) is 0 Å². The lowest BCUT2D eigenvalue weighted by molar-refractivity contribution is -0.130. The number of nitrogens with zero attached hydrogens (tertiary/aromatic N) is 1. The van der Waals surface area contributed by atoms with Gasteiger partial charge in [0.25, 0.3) is 5.90 Å². The first-order valence-electron chi connectivity index (χ1n) is 10.7. The van der Waals surface area contributed by atoms with Gasteiger partial charge in [0.2, 0.25) is 0 Å². The second-order valence-electron chi connectivity index (χ2n) is 7.40. The number of para-hydroxylation sites is 2. The van der Waals surface area contributed by atoms with E-state index in [-0.39, 0.29) is 11.6 Å². The number of ether oxygens (including phenoxy) is 3. The molecule has 0 radical (unpaired) electrons. The van der Waals surface area contributed by atoms with Gasteiger partial charge in [0.1, 0.15) is 24.7 Å². The minimum atomic E-state index is -0.531.